The molecule has 152 valence electrons. The second-order valence-electron chi connectivity index (χ2n) is 7.01. The molecule has 7 heteroatoms. The molecule has 2 aromatic carbocycles. The van der Waals surface area contributed by atoms with Gasteiger partial charge in [0.05, 0.1) is 11.8 Å². The molecule has 0 radical (unpaired) electrons. The van der Waals surface area contributed by atoms with E-state index in [0.717, 1.165) is 18.5 Å². The van der Waals surface area contributed by atoms with Gasteiger partial charge in [-0.05, 0) is 56.7 Å². The van der Waals surface area contributed by atoms with Crippen molar-refractivity contribution in [2.75, 3.05) is 5.32 Å². The zero-order chi connectivity index (χ0) is 20.8. The van der Waals surface area contributed by atoms with E-state index < -0.39 is 0 Å². The fraction of sp³-hybridized carbons (Fsp3) is 0.318. The molecule has 3 aromatic rings. The van der Waals surface area contributed by atoms with Crippen molar-refractivity contribution < 1.29 is 13.9 Å². The summed E-state index contributed by atoms with van der Waals surface area (Å²) >= 11 is 0. The highest BCUT2D eigenvalue weighted by molar-refractivity contribution is 5.90. The number of hydrogen-bond acceptors (Lipinski definition) is 4. The minimum Gasteiger partial charge on any atom is -0.460 e. The number of benzene rings is 2. The first kappa shape index (κ1) is 20.5. The number of unbranched alkanes of at least 4 members (excludes halogenated alkanes) is 1. The number of aromatic nitrogens is 3. The second-order valence-corrected chi connectivity index (χ2v) is 7.01. The van der Waals surface area contributed by atoms with Crippen molar-refractivity contribution in [3.63, 3.8) is 0 Å². The number of amides is 1. The van der Waals surface area contributed by atoms with Gasteiger partial charge in [0.1, 0.15) is 5.82 Å². The lowest BCUT2D eigenvalue weighted by atomic mass is 10.2. The summed E-state index contributed by atoms with van der Waals surface area (Å²) in [6.07, 6.45) is 2.24. The van der Waals surface area contributed by atoms with Gasteiger partial charge in [0.15, 0.2) is 5.82 Å². The SMILES string of the molecule is CCCCC(=O)Nc1ccc(-n2nc(OC(C)C)nc2-c2cccc(F)c2)cc1. The Hall–Kier alpha value is -3.22. The monoisotopic (exact) mass is 396 g/mol. The van der Waals surface area contributed by atoms with E-state index >= 15 is 0 Å². The van der Waals surface area contributed by atoms with Gasteiger partial charge in [0.2, 0.25) is 5.91 Å². The number of rotatable bonds is 8. The first-order valence-electron chi connectivity index (χ1n) is 9.76. The van der Waals surface area contributed by atoms with Crippen molar-refractivity contribution in [3.05, 3.63) is 54.3 Å². The molecule has 1 N–H and O–H groups in total. The topological polar surface area (TPSA) is 69.0 Å². The van der Waals surface area contributed by atoms with E-state index in [0.29, 0.717) is 23.5 Å². The van der Waals surface area contributed by atoms with Crippen LogP contribution in [0.5, 0.6) is 6.01 Å². The highest BCUT2D eigenvalue weighted by Crippen LogP contribution is 2.25. The van der Waals surface area contributed by atoms with Gasteiger partial charge in [0, 0.05) is 17.7 Å². The Morgan fingerprint density at radius 2 is 1.97 bits per heavy atom. The molecule has 1 amide bonds. The molecule has 29 heavy (non-hydrogen) atoms. The van der Waals surface area contributed by atoms with Gasteiger partial charge in [-0.3, -0.25) is 4.79 Å². The number of hydrogen-bond donors (Lipinski definition) is 1. The fourth-order valence-electron chi connectivity index (χ4n) is 2.80. The average Bonchev–Trinajstić information content (AvgIpc) is 3.10. The number of carbonyl (C=O) groups is 1. The first-order chi connectivity index (χ1) is 14.0. The molecular formula is C22H25FN4O2. The smallest absolute Gasteiger partial charge is 0.336 e. The van der Waals surface area contributed by atoms with Crippen LogP contribution in [0.1, 0.15) is 40.0 Å². The summed E-state index contributed by atoms with van der Waals surface area (Å²) in [6, 6.07) is 13.7. The molecule has 1 aromatic heterocycles. The van der Waals surface area contributed by atoms with Crippen LogP contribution in [0.2, 0.25) is 0 Å². The molecule has 0 aliphatic carbocycles. The van der Waals surface area contributed by atoms with Crippen molar-refractivity contribution in [2.45, 2.75) is 46.1 Å². The van der Waals surface area contributed by atoms with Gasteiger partial charge < -0.3 is 10.1 Å². The van der Waals surface area contributed by atoms with Crippen LogP contribution in [0.25, 0.3) is 17.1 Å². The normalized spacial score (nSPS) is 10.9. The molecule has 3 rings (SSSR count). The van der Waals surface area contributed by atoms with E-state index in [1.165, 1.54) is 12.1 Å². The summed E-state index contributed by atoms with van der Waals surface area (Å²) in [4.78, 5) is 16.3. The summed E-state index contributed by atoms with van der Waals surface area (Å²) < 4.78 is 21.0. The molecule has 0 unspecified atom stereocenters. The predicted octanol–water partition coefficient (Wildman–Crippen LogP) is 4.99. The molecule has 0 bridgehead atoms. The summed E-state index contributed by atoms with van der Waals surface area (Å²) in [5, 5.41) is 7.31. The van der Waals surface area contributed by atoms with Crippen LogP contribution in [0, 0.1) is 5.82 Å². The Balaban J connectivity index is 1.90. The summed E-state index contributed by atoms with van der Waals surface area (Å²) in [6.45, 7) is 5.82. The van der Waals surface area contributed by atoms with Crippen LogP contribution >= 0.6 is 0 Å². The van der Waals surface area contributed by atoms with E-state index in [4.69, 9.17) is 4.74 Å². The van der Waals surface area contributed by atoms with E-state index in [9.17, 15) is 9.18 Å². The minimum absolute atomic E-state index is 0.00609. The zero-order valence-electron chi connectivity index (χ0n) is 16.9. The highest BCUT2D eigenvalue weighted by atomic mass is 19.1. The molecule has 0 aliphatic heterocycles. The second kappa shape index (κ2) is 9.32. The highest BCUT2D eigenvalue weighted by Gasteiger charge is 2.16. The number of nitrogens with one attached hydrogen (secondary N) is 1. The molecular weight excluding hydrogens is 371 g/mol. The molecule has 0 aliphatic rings. The number of ether oxygens (including phenoxy) is 1. The van der Waals surface area contributed by atoms with Crippen LogP contribution in [0.3, 0.4) is 0 Å². The van der Waals surface area contributed by atoms with E-state index in [2.05, 4.69) is 15.4 Å². The van der Waals surface area contributed by atoms with Crippen LogP contribution in [0.4, 0.5) is 10.1 Å². The molecule has 0 atom stereocenters. The van der Waals surface area contributed by atoms with Crippen molar-refractivity contribution >= 4 is 11.6 Å². The van der Waals surface area contributed by atoms with E-state index in [1.807, 2.05) is 32.9 Å². The Kier molecular flexibility index (Phi) is 6.59. The Labute approximate surface area is 169 Å². The number of nitrogens with zero attached hydrogens (tertiary/aromatic N) is 3. The summed E-state index contributed by atoms with van der Waals surface area (Å²) in [7, 11) is 0. The molecule has 1 heterocycles. The standard InChI is InChI=1S/C22H25FN4O2/c1-4-5-9-20(28)24-18-10-12-19(13-11-18)27-21(16-7-6-8-17(23)14-16)25-22(26-27)29-15(2)3/h6-8,10-15H,4-5,9H2,1-3H3,(H,24,28). The summed E-state index contributed by atoms with van der Waals surface area (Å²) in [5.41, 5.74) is 2.02. The lowest BCUT2D eigenvalue weighted by molar-refractivity contribution is -0.116. The summed E-state index contributed by atoms with van der Waals surface area (Å²) in [5.74, 6) is 0.113. The van der Waals surface area contributed by atoms with Crippen LogP contribution in [0.15, 0.2) is 48.5 Å². The van der Waals surface area contributed by atoms with Crippen molar-refractivity contribution in [3.8, 4) is 23.1 Å². The number of halogens is 1. The van der Waals surface area contributed by atoms with E-state index in [1.54, 1.807) is 28.9 Å². The van der Waals surface area contributed by atoms with Crippen molar-refractivity contribution in [1.82, 2.24) is 14.8 Å². The molecule has 6 nitrogen and oxygen atoms in total. The first-order valence-corrected chi connectivity index (χ1v) is 9.76. The fourth-order valence-corrected chi connectivity index (χ4v) is 2.80. The van der Waals surface area contributed by atoms with Gasteiger partial charge in [-0.2, -0.15) is 4.98 Å². The largest absolute Gasteiger partial charge is 0.460 e. The van der Waals surface area contributed by atoms with Gasteiger partial charge in [-0.1, -0.05) is 25.5 Å². The van der Waals surface area contributed by atoms with Gasteiger partial charge >= 0.3 is 6.01 Å². The molecule has 0 fully saturated rings. The van der Waals surface area contributed by atoms with Crippen LogP contribution < -0.4 is 10.1 Å². The maximum absolute atomic E-state index is 13.7. The Bertz CT molecular complexity index is 967. The number of anilines is 1. The van der Waals surface area contributed by atoms with Crippen LogP contribution in [-0.4, -0.2) is 26.8 Å². The molecule has 0 spiro atoms. The molecule has 0 saturated heterocycles. The Morgan fingerprint density at radius 1 is 1.21 bits per heavy atom. The number of carbonyl (C=O) groups excluding carboxylic acids is 1. The molecule has 0 saturated carbocycles. The predicted molar refractivity (Wildman–Crippen MR) is 111 cm³/mol. The third-order valence-electron chi connectivity index (χ3n) is 4.16. The lowest BCUT2D eigenvalue weighted by Crippen LogP contribution is -2.11. The van der Waals surface area contributed by atoms with Gasteiger partial charge in [0.25, 0.3) is 0 Å². The quantitative estimate of drug-likeness (QED) is 0.582. The third kappa shape index (κ3) is 5.40. The van der Waals surface area contributed by atoms with Crippen LogP contribution in [-0.2, 0) is 4.79 Å². The maximum Gasteiger partial charge on any atom is 0.336 e. The van der Waals surface area contributed by atoms with E-state index in [-0.39, 0.29) is 23.8 Å². The van der Waals surface area contributed by atoms with Crippen molar-refractivity contribution in [2.24, 2.45) is 0 Å². The average molecular weight is 396 g/mol. The van der Waals surface area contributed by atoms with Crippen molar-refractivity contribution in [1.29, 1.82) is 0 Å². The zero-order valence-corrected chi connectivity index (χ0v) is 16.9. The third-order valence-corrected chi connectivity index (χ3v) is 4.16. The van der Waals surface area contributed by atoms with Gasteiger partial charge in [-0.15, -0.1) is 5.10 Å². The van der Waals surface area contributed by atoms with Gasteiger partial charge in [-0.25, -0.2) is 9.07 Å². The maximum atomic E-state index is 13.7. The lowest BCUT2D eigenvalue weighted by Gasteiger charge is -2.08. The minimum atomic E-state index is -0.353. The Morgan fingerprint density at radius 3 is 2.62 bits per heavy atom.